The maximum atomic E-state index is 12.1. The Morgan fingerprint density at radius 1 is 1.00 bits per heavy atom. The monoisotopic (exact) mass is 370 g/mol. The number of methoxy groups -OCH3 is 1. The maximum absolute atomic E-state index is 12.1. The molecule has 0 heterocycles. The summed E-state index contributed by atoms with van der Waals surface area (Å²) in [4.78, 5) is 34.9. The lowest BCUT2D eigenvalue weighted by atomic mass is 10.2. The van der Waals surface area contributed by atoms with Gasteiger partial charge in [0.15, 0.2) is 0 Å². The van der Waals surface area contributed by atoms with Crippen molar-refractivity contribution in [1.82, 2.24) is 5.32 Å². The molecule has 2 rings (SSSR count). The minimum Gasteiger partial charge on any atom is -0.489 e. The fourth-order valence-electron chi connectivity index (χ4n) is 2.35. The molecule has 142 valence electrons. The van der Waals surface area contributed by atoms with Gasteiger partial charge in [0.2, 0.25) is 11.8 Å². The Kier molecular flexibility index (Phi) is 7.37. The summed E-state index contributed by atoms with van der Waals surface area (Å²) in [6.07, 6.45) is -0.224. The van der Waals surface area contributed by atoms with Crippen molar-refractivity contribution >= 4 is 23.5 Å². The zero-order valence-corrected chi connectivity index (χ0v) is 15.2. The molecular formula is C20H22N2O5. The minimum absolute atomic E-state index is 0.224. The highest BCUT2D eigenvalue weighted by atomic mass is 16.5. The van der Waals surface area contributed by atoms with Crippen LogP contribution in [0.3, 0.4) is 0 Å². The van der Waals surface area contributed by atoms with Crippen LogP contribution in [-0.4, -0.2) is 30.9 Å². The van der Waals surface area contributed by atoms with Gasteiger partial charge in [-0.1, -0.05) is 30.3 Å². The summed E-state index contributed by atoms with van der Waals surface area (Å²) in [6.45, 7) is 1.71. The number of esters is 1. The van der Waals surface area contributed by atoms with E-state index in [0.717, 1.165) is 5.56 Å². The number of amides is 2. The SMILES string of the molecule is COC(=O)C(CC(=O)Nc1ccc(OCc2ccccc2)cc1)NC(C)=O. The molecule has 2 aromatic carbocycles. The lowest BCUT2D eigenvalue weighted by Gasteiger charge is -2.15. The van der Waals surface area contributed by atoms with Crippen molar-refractivity contribution in [2.24, 2.45) is 0 Å². The molecular weight excluding hydrogens is 348 g/mol. The van der Waals surface area contributed by atoms with Gasteiger partial charge in [-0.3, -0.25) is 9.59 Å². The number of benzene rings is 2. The third-order valence-corrected chi connectivity index (χ3v) is 3.64. The Hall–Kier alpha value is -3.35. The van der Waals surface area contributed by atoms with E-state index in [4.69, 9.17) is 4.74 Å². The molecule has 1 unspecified atom stereocenters. The molecule has 7 nitrogen and oxygen atoms in total. The lowest BCUT2D eigenvalue weighted by molar-refractivity contribution is -0.146. The second-order valence-electron chi connectivity index (χ2n) is 5.83. The summed E-state index contributed by atoms with van der Waals surface area (Å²) >= 11 is 0. The first-order chi connectivity index (χ1) is 13.0. The van der Waals surface area contributed by atoms with Crippen LogP contribution in [0.2, 0.25) is 0 Å². The summed E-state index contributed by atoms with van der Waals surface area (Å²) in [7, 11) is 1.20. The molecule has 1 atom stereocenters. The Labute approximate surface area is 157 Å². The minimum atomic E-state index is -1.03. The van der Waals surface area contributed by atoms with Gasteiger partial charge in [-0.05, 0) is 29.8 Å². The van der Waals surface area contributed by atoms with Gasteiger partial charge < -0.3 is 20.1 Å². The first kappa shape index (κ1) is 20.0. The average molecular weight is 370 g/mol. The molecule has 0 radical (unpaired) electrons. The van der Waals surface area contributed by atoms with Crippen LogP contribution < -0.4 is 15.4 Å². The number of hydrogen-bond donors (Lipinski definition) is 2. The van der Waals surface area contributed by atoms with E-state index in [1.807, 2.05) is 30.3 Å². The highest BCUT2D eigenvalue weighted by molar-refractivity contribution is 5.95. The predicted octanol–water partition coefficient (Wildman–Crippen LogP) is 2.27. The number of nitrogens with one attached hydrogen (secondary N) is 2. The fraction of sp³-hybridized carbons (Fsp3) is 0.250. The van der Waals surface area contributed by atoms with Crippen molar-refractivity contribution in [1.29, 1.82) is 0 Å². The van der Waals surface area contributed by atoms with E-state index in [0.29, 0.717) is 18.0 Å². The van der Waals surface area contributed by atoms with Gasteiger partial charge >= 0.3 is 5.97 Å². The molecule has 2 aromatic rings. The maximum Gasteiger partial charge on any atom is 0.328 e. The first-order valence-corrected chi connectivity index (χ1v) is 8.39. The number of ether oxygens (including phenoxy) is 2. The third-order valence-electron chi connectivity index (χ3n) is 3.64. The topological polar surface area (TPSA) is 93.7 Å². The van der Waals surface area contributed by atoms with E-state index < -0.39 is 23.8 Å². The zero-order chi connectivity index (χ0) is 19.6. The Morgan fingerprint density at radius 3 is 2.26 bits per heavy atom. The lowest BCUT2D eigenvalue weighted by Crippen LogP contribution is -2.42. The molecule has 0 aliphatic heterocycles. The number of rotatable bonds is 8. The quantitative estimate of drug-likeness (QED) is 0.695. The Bertz CT molecular complexity index is 775. The summed E-state index contributed by atoms with van der Waals surface area (Å²) in [5.74, 6) is -0.845. The van der Waals surface area contributed by atoms with Crippen LogP contribution in [0, 0.1) is 0 Å². The number of hydrogen-bond acceptors (Lipinski definition) is 5. The van der Waals surface area contributed by atoms with Crippen molar-refractivity contribution < 1.29 is 23.9 Å². The normalized spacial score (nSPS) is 11.2. The van der Waals surface area contributed by atoms with Crippen LogP contribution in [0.25, 0.3) is 0 Å². The number of carbonyl (C=O) groups is 3. The van der Waals surface area contributed by atoms with Crippen LogP contribution in [0.15, 0.2) is 54.6 Å². The van der Waals surface area contributed by atoms with E-state index in [9.17, 15) is 14.4 Å². The predicted molar refractivity (Wildman–Crippen MR) is 100 cm³/mol. The molecule has 0 spiro atoms. The van der Waals surface area contributed by atoms with Gasteiger partial charge in [0.25, 0.3) is 0 Å². The van der Waals surface area contributed by atoms with Crippen molar-refractivity contribution in [2.45, 2.75) is 26.0 Å². The average Bonchev–Trinajstić information content (AvgIpc) is 2.66. The molecule has 0 bridgehead atoms. The standard InChI is InChI=1S/C20H22N2O5/c1-14(23)21-18(20(25)26-2)12-19(24)22-16-8-10-17(11-9-16)27-13-15-6-4-3-5-7-15/h3-11,18H,12-13H2,1-2H3,(H,21,23)(H,22,24). The molecule has 7 heteroatoms. The summed E-state index contributed by atoms with van der Waals surface area (Å²) in [5, 5.41) is 5.07. The van der Waals surface area contributed by atoms with E-state index in [-0.39, 0.29) is 6.42 Å². The van der Waals surface area contributed by atoms with Crippen LogP contribution >= 0.6 is 0 Å². The number of carbonyl (C=O) groups excluding carboxylic acids is 3. The van der Waals surface area contributed by atoms with Crippen molar-refractivity contribution in [2.75, 3.05) is 12.4 Å². The van der Waals surface area contributed by atoms with E-state index in [1.165, 1.54) is 14.0 Å². The highest BCUT2D eigenvalue weighted by Crippen LogP contribution is 2.17. The van der Waals surface area contributed by atoms with Gasteiger partial charge in [0.05, 0.1) is 13.5 Å². The molecule has 0 aromatic heterocycles. The first-order valence-electron chi connectivity index (χ1n) is 8.39. The molecule has 27 heavy (non-hydrogen) atoms. The highest BCUT2D eigenvalue weighted by Gasteiger charge is 2.23. The molecule has 0 aliphatic carbocycles. The molecule has 0 aliphatic rings. The second-order valence-corrected chi connectivity index (χ2v) is 5.83. The third kappa shape index (κ3) is 6.81. The van der Waals surface area contributed by atoms with Gasteiger partial charge in [0.1, 0.15) is 18.4 Å². The molecule has 2 N–H and O–H groups in total. The van der Waals surface area contributed by atoms with E-state index in [1.54, 1.807) is 24.3 Å². The smallest absolute Gasteiger partial charge is 0.328 e. The van der Waals surface area contributed by atoms with Crippen LogP contribution in [0.4, 0.5) is 5.69 Å². The van der Waals surface area contributed by atoms with Gasteiger partial charge in [0, 0.05) is 12.6 Å². The Morgan fingerprint density at radius 2 is 1.67 bits per heavy atom. The molecule has 0 saturated heterocycles. The van der Waals surface area contributed by atoms with Gasteiger partial charge in [-0.2, -0.15) is 0 Å². The summed E-state index contributed by atoms with van der Waals surface area (Å²) < 4.78 is 10.3. The van der Waals surface area contributed by atoms with Gasteiger partial charge in [-0.25, -0.2) is 4.79 Å². The van der Waals surface area contributed by atoms with Crippen molar-refractivity contribution in [3.63, 3.8) is 0 Å². The van der Waals surface area contributed by atoms with Crippen molar-refractivity contribution in [3.8, 4) is 5.75 Å². The second kappa shape index (κ2) is 9.96. The Balaban J connectivity index is 1.88. The molecule has 0 fully saturated rings. The zero-order valence-electron chi connectivity index (χ0n) is 15.2. The van der Waals surface area contributed by atoms with Gasteiger partial charge in [-0.15, -0.1) is 0 Å². The largest absolute Gasteiger partial charge is 0.489 e. The number of anilines is 1. The van der Waals surface area contributed by atoms with Crippen LogP contribution in [-0.2, 0) is 25.7 Å². The van der Waals surface area contributed by atoms with E-state index in [2.05, 4.69) is 15.4 Å². The summed E-state index contributed by atoms with van der Waals surface area (Å²) in [5.41, 5.74) is 1.61. The van der Waals surface area contributed by atoms with Crippen LogP contribution in [0.5, 0.6) is 5.75 Å². The molecule has 0 saturated carbocycles. The van der Waals surface area contributed by atoms with Crippen molar-refractivity contribution in [3.05, 3.63) is 60.2 Å². The van der Waals surface area contributed by atoms with E-state index >= 15 is 0 Å². The van der Waals surface area contributed by atoms with Crippen LogP contribution in [0.1, 0.15) is 18.9 Å². The fourth-order valence-corrected chi connectivity index (χ4v) is 2.35. The summed E-state index contributed by atoms with van der Waals surface area (Å²) in [6, 6.07) is 15.6. The molecule has 2 amide bonds.